The SMILES string of the molecule is CC(=O)N1CCOC(C(C)(C)C)C1.CC(C)(C)C1CCCCO1.CC(C)(C)C1CCCO1.CC(C)(C)C1CCCOC1.CC(C)(C)C1CCOC1.CC(C)(C)C1CCOCC1.CC(C)(C)C1CN(S(C)(=O)=O)CCO1.CC(C)(C)C1COCCO1.CC(C)C(=O)N1CCOC(C(C)(C)C)C1.COCC(=O)N1CCOC(C(C)(C)C)C1. The Morgan fingerprint density at radius 2 is 0.678 bits per heavy atom. The molecule has 10 saturated heterocycles. The van der Waals surface area contributed by atoms with Crippen LogP contribution >= 0.6 is 0 Å². The summed E-state index contributed by atoms with van der Waals surface area (Å²) in [5.41, 5.74) is 2.61. The standard InChI is InChI=1S/C12H23NO2.C11H21NO3.C10H19NO2.C9H19NO3S.3C9H18O.C8H16O2.2C8H16O/c1-9(2)11(14)13-6-7-15-10(8-13)12(3,4)5;1-11(2,3)9-7-12(5-6-15-9)10(13)8-14-4;1-8(12)11-5-6-13-9(7-11)10(2,3)4;1-9(2,3)8-7-10(5-6-13-8)14(4,11)12;1-9(2,3)8-4-6-10-7-5-8;1-9(2,3)8-5-4-6-10-7-8;1-9(2,3)8-6-4-5-7-10-8;1-8(2,3)7-6-9-4-5-10-7;1-8(2,3)7-4-5-9-6-7;1-8(2,3)7-5-4-6-9-7/h9-10H,6-8H2,1-5H3;9H,5-8H2,1-4H3;9H,5-7H2,1-4H3;8H,5-7H2,1-4H3;3*8H,4-7H2,1-3H3;7H,4-6H2,1-3H3;2*7H,4-6H2,1-3H3. The lowest BCUT2D eigenvalue weighted by molar-refractivity contribution is -0.147. The first-order chi connectivity index (χ1) is 52.5. The molecule has 10 fully saturated rings. The van der Waals surface area contributed by atoms with Crippen LogP contribution < -0.4 is 0 Å². The summed E-state index contributed by atoms with van der Waals surface area (Å²) in [5, 5.41) is 0. The van der Waals surface area contributed by atoms with Crippen LogP contribution in [0.4, 0.5) is 0 Å². The lowest BCUT2D eigenvalue weighted by Gasteiger charge is -2.40. The number of carbonyl (C=O) groups excluding carboxylic acids is 3. The van der Waals surface area contributed by atoms with Crippen molar-refractivity contribution >= 4 is 27.7 Å². The van der Waals surface area contributed by atoms with Crippen LogP contribution in [-0.4, -0.2) is 259 Å². The maximum Gasteiger partial charge on any atom is 0.248 e. The van der Waals surface area contributed by atoms with E-state index in [0.717, 1.165) is 117 Å². The maximum absolute atomic E-state index is 11.8. The summed E-state index contributed by atoms with van der Waals surface area (Å²) in [6.45, 7) is 89.6. The van der Waals surface area contributed by atoms with Crippen molar-refractivity contribution in [1.29, 1.82) is 0 Å². The number of methoxy groups -OCH3 is 1. The van der Waals surface area contributed by atoms with Gasteiger partial charge in [-0.2, -0.15) is 4.31 Å². The van der Waals surface area contributed by atoms with E-state index >= 15 is 0 Å². The highest BCUT2D eigenvalue weighted by Gasteiger charge is 2.39. The first-order valence-electron chi connectivity index (χ1n) is 44.4. The Kier molecular flexibility index (Phi) is 49.3. The summed E-state index contributed by atoms with van der Waals surface area (Å²) in [5.74, 6) is 2.98. The first-order valence-corrected chi connectivity index (χ1v) is 46.3. The Balaban J connectivity index is 0.000000642. The number of nitrogens with zero attached hydrogens (tertiary/aromatic N) is 4. The monoisotopic (exact) mass is 1660 g/mol. The fourth-order valence-corrected chi connectivity index (χ4v) is 15.0. The van der Waals surface area contributed by atoms with E-state index in [4.69, 9.17) is 56.8 Å². The molecule has 0 aromatic rings. The topological polar surface area (TPSA) is 209 Å². The Bertz CT molecular complexity index is 2560. The molecule has 0 aromatic carbocycles. The zero-order chi connectivity index (χ0) is 88.4. The quantitative estimate of drug-likeness (QED) is 0.256. The number of carbonyl (C=O) groups is 3. The summed E-state index contributed by atoms with van der Waals surface area (Å²) in [4.78, 5) is 40.2. The molecule has 22 heteroatoms. The zero-order valence-electron chi connectivity index (χ0n) is 81.0. The summed E-state index contributed by atoms with van der Waals surface area (Å²) in [7, 11) is -1.52. The molecule has 10 aliphatic rings. The van der Waals surface area contributed by atoms with Gasteiger partial charge in [-0.25, -0.2) is 8.42 Å². The van der Waals surface area contributed by atoms with E-state index in [-0.39, 0.29) is 87.8 Å². The molecular weight excluding hydrogens is 1480 g/mol. The number of rotatable bonds is 4. The number of ether oxygens (including phenoxy) is 12. The molecule has 0 radical (unpaired) electrons. The molecule has 3 amide bonds. The van der Waals surface area contributed by atoms with E-state index in [9.17, 15) is 22.8 Å². The van der Waals surface area contributed by atoms with Crippen molar-refractivity contribution in [3.8, 4) is 0 Å². The van der Waals surface area contributed by atoms with Gasteiger partial charge in [-0.15, -0.1) is 0 Å². The molecule has 0 aliphatic carbocycles. The Labute approximate surface area is 707 Å². The van der Waals surface area contributed by atoms with Crippen LogP contribution in [0.5, 0.6) is 0 Å². The zero-order valence-corrected chi connectivity index (χ0v) is 81.8. The molecule has 115 heavy (non-hydrogen) atoms. The molecule has 0 saturated carbocycles. The lowest BCUT2D eigenvalue weighted by Crippen LogP contribution is -2.51. The average Bonchev–Trinajstić information content (AvgIpc) is 1.64. The molecule has 9 atom stereocenters. The highest BCUT2D eigenvalue weighted by Crippen LogP contribution is 2.37. The van der Waals surface area contributed by atoms with Crippen molar-refractivity contribution < 1.29 is 79.6 Å². The van der Waals surface area contributed by atoms with Crippen molar-refractivity contribution in [2.24, 2.45) is 77.8 Å². The summed E-state index contributed by atoms with van der Waals surface area (Å²) < 4.78 is 89.5. The molecule has 9 unspecified atom stereocenters. The summed E-state index contributed by atoms with van der Waals surface area (Å²) in [6, 6.07) is 0. The number of hydrogen-bond donors (Lipinski definition) is 0. The normalized spacial score (nSPS) is 26.0. The molecule has 0 N–H and O–H groups in total. The lowest BCUT2D eigenvalue weighted by atomic mass is 9.76. The highest BCUT2D eigenvalue weighted by molar-refractivity contribution is 7.88. The molecule has 10 aliphatic heterocycles. The summed E-state index contributed by atoms with van der Waals surface area (Å²) >= 11 is 0. The molecule has 21 nitrogen and oxygen atoms in total. The molecule has 10 heterocycles. The minimum Gasteiger partial charge on any atom is -0.381 e. The number of morpholine rings is 4. The van der Waals surface area contributed by atoms with E-state index in [1.54, 1.807) is 14.0 Å². The van der Waals surface area contributed by atoms with Gasteiger partial charge in [0.05, 0.1) is 95.2 Å². The first kappa shape index (κ1) is 111. The van der Waals surface area contributed by atoms with Crippen LogP contribution in [0.15, 0.2) is 0 Å². The van der Waals surface area contributed by atoms with Gasteiger partial charge in [0.2, 0.25) is 27.7 Å². The van der Waals surface area contributed by atoms with E-state index in [2.05, 4.69) is 208 Å². The second-order valence-electron chi connectivity index (χ2n) is 44.5. The Morgan fingerprint density at radius 3 is 0.983 bits per heavy atom. The highest BCUT2D eigenvalue weighted by atomic mass is 32.2. The minimum absolute atomic E-state index is 0.00836. The van der Waals surface area contributed by atoms with Gasteiger partial charge >= 0.3 is 0 Å². The Hall–Kier alpha value is -2.16. The van der Waals surface area contributed by atoms with Crippen molar-refractivity contribution in [1.82, 2.24) is 19.0 Å². The average molecular weight is 1660 g/mol. The molecular formula is C93H184N4O17S. The van der Waals surface area contributed by atoms with Gasteiger partial charge in [0.25, 0.3) is 0 Å². The molecule has 0 aromatic heterocycles. The van der Waals surface area contributed by atoms with Gasteiger partial charge in [-0.3, -0.25) is 14.4 Å². The van der Waals surface area contributed by atoms with E-state index < -0.39 is 10.0 Å². The molecule has 10 rings (SSSR count). The number of sulfonamides is 1. The van der Waals surface area contributed by atoms with E-state index in [1.165, 1.54) is 74.8 Å². The van der Waals surface area contributed by atoms with Crippen molar-refractivity contribution in [3.05, 3.63) is 0 Å². The van der Waals surface area contributed by atoms with E-state index in [0.29, 0.717) is 91.9 Å². The van der Waals surface area contributed by atoms with Crippen LogP contribution in [0.25, 0.3) is 0 Å². The van der Waals surface area contributed by atoms with Crippen molar-refractivity contribution in [2.75, 3.05) is 171 Å². The fourth-order valence-electron chi connectivity index (χ4n) is 14.1. The Morgan fingerprint density at radius 1 is 0.339 bits per heavy atom. The second-order valence-corrected chi connectivity index (χ2v) is 46.5. The molecule has 0 spiro atoms. The van der Waals surface area contributed by atoms with Crippen LogP contribution in [0.2, 0.25) is 0 Å². The summed E-state index contributed by atoms with van der Waals surface area (Å²) in [6.07, 6.45) is 15.7. The predicted octanol–water partition coefficient (Wildman–Crippen LogP) is 18.0. The molecule has 684 valence electrons. The van der Waals surface area contributed by atoms with Crippen LogP contribution in [0.1, 0.15) is 293 Å². The minimum atomic E-state index is -3.07. The van der Waals surface area contributed by atoms with Crippen LogP contribution in [-0.2, 0) is 81.2 Å². The third-order valence-corrected chi connectivity index (χ3v) is 24.5. The van der Waals surface area contributed by atoms with Crippen molar-refractivity contribution in [3.63, 3.8) is 0 Å². The smallest absolute Gasteiger partial charge is 0.248 e. The number of amides is 3. The maximum atomic E-state index is 11.8. The predicted molar refractivity (Wildman–Crippen MR) is 471 cm³/mol. The van der Waals surface area contributed by atoms with E-state index in [1.807, 2.05) is 28.5 Å². The van der Waals surface area contributed by atoms with Gasteiger partial charge in [-0.05, 0) is 136 Å². The third kappa shape index (κ3) is 47.3. The van der Waals surface area contributed by atoms with Gasteiger partial charge < -0.3 is 71.5 Å². The van der Waals surface area contributed by atoms with Crippen molar-refractivity contribution in [2.45, 2.75) is 335 Å². The third-order valence-electron chi connectivity index (χ3n) is 23.2. The van der Waals surface area contributed by atoms with Gasteiger partial charge in [0, 0.05) is 125 Å². The second kappa shape index (κ2) is 51.2. The molecule has 0 bridgehead atoms. The van der Waals surface area contributed by atoms with Gasteiger partial charge in [-0.1, -0.05) is 222 Å². The fraction of sp³-hybridized carbons (Fsp3) is 0.968. The van der Waals surface area contributed by atoms with Gasteiger partial charge in [0.15, 0.2) is 0 Å². The number of hydrogen-bond acceptors (Lipinski definition) is 17. The van der Waals surface area contributed by atoms with Crippen LogP contribution in [0.3, 0.4) is 0 Å². The van der Waals surface area contributed by atoms with Crippen LogP contribution in [0, 0.1) is 77.8 Å². The van der Waals surface area contributed by atoms with Gasteiger partial charge in [0.1, 0.15) is 6.61 Å². The largest absolute Gasteiger partial charge is 0.381 e.